The molecule has 1 amide bonds. The van der Waals surface area contributed by atoms with Gasteiger partial charge in [0.2, 0.25) is 5.91 Å². The minimum Gasteiger partial charge on any atom is -0.490 e. The number of ketones is 2. The molecule has 0 radical (unpaired) electrons. The van der Waals surface area contributed by atoms with Crippen LogP contribution in [0.1, 0.15) is 43.4 Å². The number of nitrogens with one attached hydrogen (secondary N) is 1. The predicted molar refractivity (Wildman–Crippen MR) is 168 cm³/mol. The molecular weight excluding hydrogens is 570 g/mol. The molecule has 1 spiro atoms. The van der Waals surface area contributed by atoms with Crippen molar-refractivity contribution in [2.75, 3.05) is 11.9 Å². The van der Waals surface area contributed by atoms with Crippen LogP contribution in [0.15, 0.2) is 116 Å². The maximum Gasteiger partial charge on any atom is 0.270 e. The molecule has 0 aromatic heterocycles. The number of rotatable bonds is 8. The number of benzene rings is 4. The van der Waals surface area contributed by atoms with Crippen molar-refractivity contribution in [3.05, 3.63) is 154 Å². The van der Waals surface area contributed by atoms with E-state index in [1.807, 2.05) is 48.5 Å². The number of hydrogen-bond acceptors (Lipinski definition) is 7. The molecule has 0 saturated carbocycles. The summed E-state index contributed by atoms with van der Waals surface area (Å²) in [6, 6.07) is 25.1. The SMILES string of the molecule is C=CCOc1ccc(C(=O)[C@@H]2[C@@H](C(=O)c3cccc([N+](=O)[O-])c3)N3C=Cc4ccccc4[C@@H]3[C@]23C(=O)Nc2ccccc23)cc1. The number of nitro groups is 1. The number of carbonyl (C=O) groups is 3. The Hall–Kier alpha value is -5.83. The lowest BCUT2D eigenvalue weighted by Crippen LogP contribution is -2.49. The first kappa shape index (κ1) is 28.0. The fraction of sp³-hybridized carbons (Fsp3) is 0.139. The van der Waals surface area contributed by atoms with E-state index < -0.39 is 39.9 Å². The van der Waals surface area contributed by atoms with Gasteiger partial charge in [-0.1, -0.05) is 67.3 Å². The summed E-state index contributed by atoms with van der Waals surface area (Å²) in [6.45, 7) is 3.95. The van der Waals surface area contributed by atoms with E-state index in [-0.39, 0.29) is 23.8 Å². The number of non-ortho nitro benzene ring substituents is 1. The van der Waals surface area contributed by atoms with E-state index in [1.165, 1.54) is 24.3 Å². The molecule has 4 aromatic carbocycles. The Bertz CT molecular complexity index is 1930. The van der Waals surface area contributed by atoms with Gasteiger partial charge in [0.15, 0.2) is 11.6 Å². The highest BCUT2D eigenvalue weighted by Crippen LogP contribution is 2.62. The van der Waals surface area contributed by atoms with Crippen LogP contribution in [0.5, 0.6) is 5.75 Å². The van der Waals surface area contributed by atoms with Crippen molar-refractivity contribution in [2.45, 2.75) is 17.5 Å². The van der Waals surface area contributed by atoms with E-state index >= 15 is 0 Å². The second kappa shape index (κ2) is 10.7. The van der Waals surface area contributed by atoms with E-state index in [0.29, 0.717) is 22.6 Å². The second-order valence-corrected chi connectivity index (χ2v) is 11.2. The fourth-order valence-corrected chi connectivity index (χ4v) is 7.16. The van der Waals surface area contributed by atoms with E-state index in [2.05, 4.69) is 11.9 Å². The van der Waals surface area contributed by atoms with Crippen molar-refractivity contribution in [1.82, 2.24) is 4.90 Å². The monoisotopic (exact) mass is 597 g/mol. The number of fused-ring (bicyclic) bond motifs is 6. The van der Waals surface area contributed by atoms with Gasteiger partial charge >= 0.3 is 0 Å². The number of anilines is 1. The minimum atomic E-state index is -1.51. The van der Waals surface area contributed by atoms with E-state index in [4.69, 9.17) is 4.74 Å². The van der Waals surface area contributed by atoms with E-state index in [1.54, 1.807) is 47.5 Å². The highest BCUT2D eigenvalue weighted by atomic mass is 16.6. The number of para-hydroxylation sites is 1. The molecule has 4 aromatic rings. The van der Waals surface area contributed by atoms with Crippen molar-refractivity contribution >= 4 is 34.9 Å². The van der Waals surface area contributed by atoms with Crippen LogP contribution in [-0.4, -0.2) is 39.9 Å². The molecule has 4 atom stereocenters. The Kier molecular flexibility index (Phi) is 6.66. The van der Waals surface area contributed by atoms with Gasteiger partial charge in [-0.05, 0) is 53.1 Å². The van der Waals surface area contributed by atoms with Crippen LogP contribution in [-0.2, 0) is 10.2 Å². The third-order valence-electron chi connectivity index (χ3n) is 8.97. The Labute approximate surface area is 258 Å². The average Bonchev–Trinajstić information content (AvgIpc) is 3.55. The number of nitrogens with zero attached hydrogens (tertiary/aromatic N) is 2. The quantitative estimate of drug-likeness (QED) is 0.112. The topological polar surface area (TPSA) is 119 Å². The van der Waals surface area contributed by atoms with Crippen molar-refractivity contribution in [3.8, 4) is 5.75 Å². The van der Waals surface area contributed by atoms with Crippen molar-refractivity contribution < 1.29 is 24.0 Å². The molecule has 9 heteroatoms. The molecule has 1 N–H and O–H groups in total. The molecule has 3 heterocycles. The summed E-state index contributed by atoms with van der Waals surface area (Å²) in [7, 11) is 0. The van der Waals surface area contributed by atoms with Crippen molar-refractivity contribution in [2.24, 2.45) is 5.92 Å². The summed E-state index contributed by atoms with van der Waals surface area (Å²) in [5, 5.41) is 14.7. The van der Waals surface area contributed by atoms with Gasteiger partial charge < -0.3 is 15.0 Å². The number of carbonyl (C=O) groups excluding carboxylic acids is 3. The Morgan fingerprint density at radius 1 is 0.956 bits per heavy atom. The van der Waals surface area contributed by atoms with Gasteiger partial charge in [0.25, 0.3) is 5.69 Å². The molecule has 3 aliphatic rings. The fourth-order valence-electron chi connectivity index (χ4n) is 7.16. The summed E-state index contributed by atoms with van der Waals surface area (Å²) in [6.07, 6.45) is 5.25. The van der Waals surface area contributed by atoms with Crippen molar-refractivity contribution in [3.63, 3.8) is 0 Å². The summed E-state index contributed by atoms with van der Waals surface area (Å²) in [4.78, 5) is 57.0. The lowest BCUT2D eigenvalue weighted by molar-refractivity contribution is -0.384. The predicted octanol–water partition coefficient (Wildman–Crippen LogP) is 6.14. The first-order valence-electron chi connectivity index (χ1n) is 14.5. The smallest absolute Gasteiger partial charge is 0.270 e. The summed E-state index contributed by atoms with van der Waals surface area (Å²) < 4.78 is 5.62. The summed E-state index contributed by atoms with van der Waals surface area (Å²) in [5.74, 6) is -1.95. The standard InChI is InChI=1S/C36H27N3O6/c1-2-20-45-26-16-14-23(15-17-26)32(40)30-31(33(41)24-9-7-10-25(21-24)39(43)44)38-19-18-22-8-3-4-11-27(22)34(38)36(30)28-12-5-6-13-29(28)37-35(36)42/h2-19,21,30-31,34H,1,20H2,(H,37,42)/t30-,31-,34+,36+/m0/s1. The summed E-state index contributed by atoms with van der Waals surface area (Å²) in [5.41, 5.74) is 1.49. The first-order chi connectivity index (χ1) is 21.9. The molecule has 222 valence electrons. The molecule has 0 unspecified atom stereocenters. The zero-order chi connectivity index (χ0) is 31.3. The van der Waals surface area contributed by atoms with Crippen LogP contribution in [0.4, 0.5) is 11.4 Å². The molecule has 1 fully saturated rings. The number of hydrogen-bond donors (Lipinski definition) is 1. The van der Waals surface area contributed by atoms with Crippen LogP contribution in [0.25, 0.3) is 6.08 Å². The maximum atomic E-state index is 14.9. The number of ether oxygens (including phenoxy) is 1. The molecule has 1 saturated heterocycles. The van der Waals surface area contributed by atoms with E-state index in [9.17, 15) is 24.5 Å². The number of Topliss-reactive ketones (excluding diaryl/α,β-unsaturated/α-hetero) is 2. The largest absolute Gasteiger partial charge is 0.490 e. The maximum absolute atomic E-state index is 14.9. The Morgan fingerprint density at radius 3 is 2.49 bits per heavy atom. The van der Waals surface area contributed by atoms with Gasteiger partial charge in [-0.2, -0.15) is 0 Å². The van der Waals surface area contributed by atoms with Gasteiger partial charge in [-0.3, -0.25) is 24.5 Å². The van der Waals surface area contributed by atoms with Gasteiger partial charge in [0, 0.05) is 35.1 Å². The third kappa shape index (κ3) is 4.19. The molecule has 9 nitrogen and oxygen atoms in total. The lowest BCUT2D eigenvalue weighted by atomic mass is 9.62. The molecule has 0 bridgehead atoms. The van der Waals surface area contributed by atoms with Gasteiger partial charge in [-0.25, -0.2) is 0 Å². The number of amides is 1. The zero-order valence-corrected chi connectivity index (χ0v) is 24.0. The molecular formula is C36H27N3O6. The third-order valence-corrected chi connectivity index (χ3v) is 8.97. The van der Waals surface area contributed by atoms with Crippen LogP contribution >= 0.6 is 0 Å². The highest BCUT2D eigenvalue weighted by Gasteiger charge is 2.70. The molecule has 0 aliphatic carbocycles. The van der Waals surface area contributed by atoms with Crippen LogP contribution < -0.4 is 10.1 Å². The normalized spacial score (nSPS) is 22.3. The first-order valence-corrected chi connectivity index (χ1v) is 14.5. The van der Waals surface area contributed by atoms with Gasteiger partial charge in [0.1, 0.15) is 23.8 Å². The Morgan fingerprint density at radius 2 is 1.71 bits per heavy atom. The average molecular weight is 598 g/mol. The van der Waals surface area contributed by atoms with Gasteiger partial charge in [0.05, 0.1) is 16.9 Å². The molecule has 3 aliphatic heterocycles. The van der Waals surface area contributed by atoms with Crippen LogP contribution in [0, 0.1) is 16.0 Å². The Balaban J connectivity index is 1.48. The van der Waals surface area contributed by atoms with Crippen LogP contribution in [0.3, 0.4) is 0 Å². The lowest BCUT2D eigenvalue weighted by Gasteiger charge is -2.38. The highest BCUT2D eigenvalue weighted by molar-refractivity contribution is 6.16. The number of nitro benzene ring substituents is 1. The van der Waals surface area contributed by atoms with Crippen molar-refractivity contribution in [1.29, 1.82) is 0 Å². The zero-order valence-electron chi connectivity index (χ0n) is 24.0. The van der Waals surface area contributed by atoms with Crippen LogP contribution in [0.2, 0.25) is 0 Å². The molecule has 7 rings (SSSR count). The molecule has 45 heavy (non-hydrogen) atoms. The minimum absolute atomic E-state index is 0.0786. The van der Waals surface area contributed by atoms with E-state index in [0.717, 1.165) is 11.1 Å². The van der Waals surface area contributed by atoms with Gasteiger partial charge in [-0.15, -0.1) is 0 Å². The second-order valence-electron chi connectivity index (χ2n) is 11.2. The summed E-state index contributed by atoms with van der Waals surface area (Å²) >= 11 is 0.